The Labute approximate surface area is 184 Å². The molecule has 1 fully saturated rings. The second-order valence-corrected chi connectivity index (χ2v) is 7.44. The first-order valence-electron chi connectivity index (χ1n) is 9.61. The van der Waals surface area contributed by atoms with Crippen molar-refractivity contribution in [1.29, 1.82) is 0 Å². The van der Waals surface area contributed by atoms with E-state index in [2.05, 4.69) is 32.3 Å². The van der Waals surface area contributed by atoms with E-state index < -0.39 is 23.6 Å². The van der Waals surface area contributed by atoms with E-state index in [-0.39, 0.29) is 29.1 Å². The summed E-state index contributed by atoms with van der Waals surface area (Å²) in [5.41, 5.74) is 5.15. The molecule has 0 aromatic carbocycles. The van der Waals surface area contributed by atoms with Crippen molar-refractivity contribution in [3.63, 3.8) is 0 Å². The van der Waals surface area contributed by atoms with Crippen LogP contribution < -0.4 is 11.1 Å². The summed E-state index contributed by atoms with van der Waals surface area (Å²) in [6, 6.07) is 1.65. The van der Waals surface area contributed by atoms with Crippen LogP contribution >= 0.6 is 11.6 Å². The van der Waals surface area contributed by atoms with Gasteiger partial charge < -0.3 is 15.9 Å². The molecule has 1 aromatic heterocycles. The Hall–Kier alpha value is -2.99. The predicted octanol–water partition coefficient (Wildman–Crippen LogP) is 2.92. The van der Waals surface area contributed by atoms with Crippen molar-refractivity contribution >= 4 is 29.4 Å². The molecule has 1 aliphatic carbocycles. The lowest BCUT2D eigenvalue weighted by Gasteiger charge is -2.12. The lowest BCUT2D eigenvalue weighted by Crippen LogP contribution is -2.34. The van der Waals surface area contributed by atoms with Gasteiger partial charge in [-0.25, -0.2) is 8.78 Å². The van der Waals surface area contributed by atoms with Gasteiger partial charge in [0.2, 0.25) is 0 Å². The number of halogens is 3. The molecule has 166 valence electrons. The summed E-state index contributed by atoms with van der Waals surface area (Å²) in [6.07, 6.45) is 1.47. The molecule has 2 rings (SSSR count). The molecule has 0 aliphatic heterocycles. The molecule has 7 nitrogen and oxygen atoms in total. The van der Waals surface area contributed by atoms with E-state index in [1.54, 1.807) is 26.1 Å². The highest BCUT2D eigenvalue weighted by atomic mass is 35.5. The summed E-state index contributed by atoms with van der Waals surface area (Å²) in [5, 5.41) is 6.76. The maximum atomic E-state index is 12.9. The van der Waals surface area contributed by atoms with E-state index in [0.717, 1.165) is 19.1 Å². The van der Waals surface area contributed by atoms with E-state index in [0.29, 0.717) is 11.5 Å². The number of alkyl halides is 2. The standard InChI is InChI=1S/C21H24ClF2N5O2/c1-12(2)31-29-17(11-28-21(30)15(10-26-3)18(25)20(23)24)19-16(22)8-14(9-27-19)7-6-13-4-5-13/h8-10,12-13,20H,4-5,11,25H2,1-3H3,(H,28,30)/b18-15?,26-10?,29-17-. The summed E-state index contributed by atoms with van der Waals surface area (Å²) in [5.74, 6) is 5.73. The van der Waals surface area contributed by atoms with Crippen molar-refractivity contribution in [1.82, 2.24) is 10.3 Å². The van der Waals surface area contributed by atoms with Crippen molar-refractivity contribution in [3.05, 3.63) is 39.8 Å². The van der Waals surface area contributed by atoms with Crippen LogP contribution in [0, 0.1) is 17.8 Å². The minimum Gasteiger partial charge on any atom is -0.397 e. The van der Waals surface area contributed by atoms with E-state index >= 15 is 0 Å². The maximum absolute atomic E-state index is 12.9. The van der Waals surface area contributed by atoms with E-state index in [1.165, 1.54) is 7.05 Å². The summed E-state index contributed by atoms with van der Waals surface area (Å²) in [7, 11) is 1.34. The Balaban J connectivity index is 2.25. The molecule has 0 atom stereocenters. The Morgan fingerprint density at radius 3 is 2.74 bits per heavy atom. The van der Waals surface area contributed by atoms with E-state index in [1.807, 2.05) is 0 Å². The predicted molar refractivity (Wildman–Crippen MR) is 116 cm³/mol. The highest BCUT2D eigenvalue weighted by molar-refractivity contribution is 6.34. The smallest absolute Gasteiger partial charge is 0.278 e. The number of nitrogens with zero attached hydrogens (tertiary/aromatic N) is 3. The van der Waals surface area contributed by atoms with Gasteiger partial charge in [0.1, 0.15) is 17.5 Å². The van der Waals surface area contributed by atoms with Crippen molar-refractivity contribution in [3.8, 4) is 11.8 Å². The van der Waals surface area contributed by atoms with Crippen molar-refractivity contribution in [2.24, 2.45) is 21.8 Å². The molecule has 0 radical (unpaired) electrons. The fourth-order valence-corrected chi connectivity index (χ4v) is 2.51. The van der Waals surface area contributed by atoms with Crippen molar-refractivity contribution in [2.45, 2.75) is 39.2 Å². The summed E-state index contributed by atoms with van der Waals surface area (Å²) < 4.78 is 25.9. The van der Waals surface area contributed by atoms with Crippen LogP contribution in [0.4, 0.5) is 8.78 Å². The summed E-state index contributed by atoms with van der Waals surface area (Å²) in [4.78, 5) is 25.6. The van der Waals surface area contributed by atoms with Gasteiger partial charge in [-0.2, -0.15) is 0 Å². The molecular weight excluding hydrogens is 428 g/mol. The van der Waals surface area contributed by atoms with Gasteiger partial charge in [-0.1, -0.05) is 28.6 Å². The number of nitrogens with two attached hydrogens (primary N) is 1. The number of pyridine rings is 1. The van der Waals surface area contributed by atoms with Crippen LogP contribution in [-0.2, 0) is 9.63 Å². The minimum absolute atomic E-state index is 0.192. The molecule has 1 amide bonds. The summed E-state index contributed by atoms with van der Waals surface area (Å²) >= 11 is 6.36. The third-order valence-electron chi connectivity index (χ3n) is 3.95. The molecule has 1 saturated carbocycles. The number of hydrogen-bond acceptors (Lipinski definition) is 6. The average molecular weight is 452 g/mol. The monoisotopic (exact) mass is 451 g/mol. The number of allylic oxidation sites excluding steroid dienone is 1. The van der Waals surface area contributed by atoms with Gasteiger partial charge in [0.25, 0.3) is 12.3 Å². The zero-order valence-corrected chi connectivity index (χ0v) is 18.2. The maximum Gasteiger partial charge on any atom is 0.278 e. The highest BCUT2D eigenvalue weighted by Crippen LogP contribution is 2.27. The zero-order valence-electron chi connectivity index (χ0n) is 17.5. The molecule has 0 bridgehead atoms. The topological polar surface area (TPSA) is 102 Å². The van der Waals surface area contributed by atoms with Gasteiger partial charge in [0, 0.05) is 30.9 Å². The number of oxime groups is 1. The number of aliphatic imine (C=N–C) groups is 1. The van der Waals surface area contributed by atoms with Crippen molar-refractivity contribution in [2.75, 3.05) is 13.6 Å². The lowest BCUT2D eigenvalue weighted by atomic mass is 10.1. The van der Waals surface area contributed by atoms with Crippen LogP contribution in [0.25, 0.3) is 0 Å². The third kappa shape index (κ3) is 7.64. The number of aromatic nitrogens is 1. The van der Waals surface area contributed by atoms with Crippen LogP contribution in [0.5, 0.6) is 0 Å². The third-order valence-corrected chi connectivity index (χ3v) is 4.24. The number of carbonyl (C=O) groups is 1. The highest BCUT2D eigenvalue weighted by Gasteiger charge is 2.20. The molecule has 31 heavy (non-hydrogen) atoms. The summed E-state index contributed by atoms with van der Waals surface area (Å²) in [6.45, 7) is 3.35. The Kier molecular flexibility index (Phi) is 8.94. The SMILES string of the molecule is CN=CC(C(=O)NC/C(=N/OC(C)C)c1ncc(C#CC2CC2)cc1Cl)=C(N)C(F)F. The van der Waals surface area contributed by atoms with Crippen LogP contribution in [0.15, 0.2) is 33.7 Å². The van der Waals surface area contributed by atoms with E-state index in [4.69, 9.17) is 22.2 Å². The number of hydrogen-bond donors (Lipinski definition) is 2. The number of nitrogens with one attached hydrogen (secondary N) is 1. The first-order valence-corrected chi connectivity index (χ1v) is 9.99. The van der Waals surface area contributed by atoms with Crippen LogP contribution in [-0.4, -0.2) is 48.9 Å². The molecule has 1 heterocycles. The largest absolute Gasteiger partial charge is 0.397 e. The number of carbonyl (C=O) groups excluding carboxylic acids is 1. The van der Waals surface area contributed by atoms with Gasteiger partial charge in [0.15, 0.2) is 0 Å². The Morgan fingerprint density at radius 2 is 2.19 bits per heavy atom. The molecule has 0 spiro atoms. The molecule has 1 aliphatic rings. The van der Waals surface area contributed by atoms with Gasteiger partial charge in [0.05, 0.1) is 22.8 Å². The van der Waals surface area contributed by atoms with Crippen LogP contribution in [0.1, 0.15) is 37.9 Å². The molecule has 10 heteroatoms. The average Bonchev–Trinajstić information content (AvgIpc) is 3.54. The number of rotatable bonds is 8. The van der Waals surface area contributed by atoms with Crippen molar-refractivity contribution < 1.29 is 18.4 Å². The zero-order chi connectivity index (χ0) is 23.0. The number of amides is 1. The molecular formula is C21H24ClF2N5O2. The Bertz CT molecular complexity index is 960. The van der Waals surface area contributed by atoms with Crippen LogP contribution in [0.2, 0.25) is 5.02 Å². The van der Waals surface area contributed by atoms with Gasteiger partial charge in [-0.3, -0.25) is 14.8 Å². The van der Waals surface area contributed by atoms with Gasteiger partial charge in [-0.15, -0.1) is 0 Å². The first kappa shape index (κ1) is 24.3. The second-order valence-electron chi connectivity index (χ2n) is 7.03. The van der Waals surface area contributed by atoms with Gasteiger partial charge in [-0.05, 0) is 32.8 Å². The molecule has 0 saturated heterocycles. The minimum atomic E-state index is -3.00. The lowest BCUT2D eigenvalue weighted by molar-refractivity contribution is -0.116. The molecule has 3 N–H and O–H groups in total. The van der Waals surface area contributed by atoms with Crippen LogP contribution in [0.3, 0.4) is 0 Å². The fourth-order valence-electron chi connectivity index (χ4n) is 2.23. The van der Waals surface area contributed by atoms with Gasteiger partial charge >= 0.3 is 0 Å². The quantitative estimate of drug-likeness (QED) is 0.274. The molecule has 1 aromatic rings. The first-order chi connectivity index (χ1) is 14.7. The second kappa shape index (κ2) is 11.4. The normalized spacial score (nSPS) is 15.0. The van der Waals surface area contributed by atoms with E-state index in [9.17, 15) is 13.6 Å². The molecule has 0 unspecified atom stereocenters. The Morgan fingerprint density at radius 1 is 1.48 bits per heavy atom. The fraction of sp³-hybridized carbons (Fsp3) is 0.429.